The number of hydrogen-bond donors (Lipinski definition) is 2. The summed E-state index contributed by atoms with van der Waals surface area (Å²) in [6.07, 6.45) is 4.10. The molecule has 0 saturated carbocycles. The Balaban J connectivity index is 2.17. The predicted molar refractivity (Wildman–Crippen MR) is 105 cm³/mol. The molecule has 0 radical (unpaired) electrons. The summed E-state index contributed by atoms with van der Waals surface area (Å²) < 4.78 is 25.9. The molecule has 2 aromatic carbocycles. The van der Waals surface area contributed by atoms with E-state index in [1.165, 1.54) is 16.7 Å². The lowest BCUT2D eigenvalue weighted by molar-refractivity contribution is 0.554. The average Bonchev–Trinajstić information content (AvgIpc) is 2.99. The minimum atomic E-state index is -3.33. The van der Waals surface area contributed by atoms with Gasteiger partial charge in [0.2, 0.25) is 10.0 Å². The van der Waals surface area contributed by atoms with Crippen molar-refractivity contribution in [1.82, 2.24) is 4.98 Å². The number of aromatic amines is 1. The molecule has 3 rings (SSSR count). The Kier molecular flexibility index (Phi) is 4.37. The first-order valence-corrected chi connectivity index (χ1v) is 10.3. The van der Waals surface area contributed by atoms with Crippen LogP contribution in [0.3, 0.4) is 0 Å². The van der Waals surface area contributed by atoms with Crippen LogP contribution in [-0.2, 0) is 15.4 Å². The van der Waals surface area contributed by atoms with E-state index in [0.29, 0.717) is 5.69 Å². The second kappa shape index (κ2) is 6.23. The number of anilines is 1. The highest BCUT2D eigenvalue weighted by Crippen LogP contribution is 2.40. The van der Waals surface area contributed by atoms with Gasteiger partial charge in [0, 0.05) is 17.0 Å². The normalized spacial score (nSPS) is 14.4. The second-order valence-electron chi connectivity index (χ2n) is 6.86. The van der Waals surface area contributed by atoms with Crippen LogP contribution in [-0.4, -0.2) is 19.7 Å². The van der Waals surface area contributed by atoms with Gasteiger partial charge in [0.15, 0.2) is 0 Å². The van der Waals surface area contributed by atoms with Gasteiger partial charge in [-0.3, -0.25) is 4.72 Å². The van der Waals surface area contributed by atoms with Gasteiger partial charge in [0.25, 0.3) is 0 Å². The van der Waals surface area contributed by atoms with Crippen LogP contribution in [0.5, 0.6) is 0 Å². The summed E-state index contributed by atoms with van der Waals surface area (Å²) in [4.78, 5) is 3.27. The second-order valence-corrected chi connectivity index (χ2v) is 8.60. The lowest BCUT2D eigenvalue weighted by atomic mass is 9.74. The van der Waals surface area contributed by atoms with Crippen molar-refractivity contribution >= 4 is 26.6 Å². The highest BCUT2D eigenvalue weighted by Gasteiger charge is 2.30. The molecule has 0 fully saturated rings. The maximum absolute atomic E-state index is 11.6. The number of nitrogens with one attached hydrogen (secondary N) is 2. The zero-order valence-corrected chi connectivity index (χ0v) is 15.9. The van der Waals surface area contributed by atoms with Gasteiger partial charge in [-0.05, 0) is 30.5 Å². The summed E-state index contributed by atoms with van der Waals surface area (Å²) in [5.41, 5.74) is 4.90. The van der Waals surface area contributed by atoms with Gasteiger partial charge in [-0.25, -0.2) is 8.42 Å². The summed E-state index contributed by atoms with van der Waals surface area (Å²) in [6, 6.07) is 14.3. The van der Waals surface area contributed by atoms with Gasteiger partial charge < -0.3 is 4.98 Å². The third-order valence-electron chi connectivity index (χ3n) is 5.00. The monoisotopic (exact) mass is 356 g/mol. The minimum Gasteiger partial charge on any atom is -0.359 e. The Hall–Kier alpha value is -2.27. The Morgan fingerprint density at radius 2 is 1.80 bits per heavy atom. The molecule has 0 aliphatic rings. The van der Waals surface area contributed by atoms with Gasteiger partial charge in [0.05, 0.1) is 17.5 Å². The molecule has 0 saturated heterocycles. The molecule has 5 heteroatoms. The molecule has 1 aromatic heterocycles. The number of sulfonamides is 1. The van der Waals surface area contributed by atoms with Gasteiger partial charge in [-0.15, -0.1) is 0 Å². The lowest BCUT2D eigenvalue weighted by Gasteiger charge is -2.29. The molecule has 0 aliphatic carbocycles. The molecule has 2 N–H and O–H groups in total. The van der Waals surface area contributed by atoms with E-state index in [2.05, 4.69) is 54.7 Å². The van der Waals surface area contributed by atoms with Crippen molar-refractivity contribution in [2.45, 2.75) is 32.6 Å². The van der Waals surface area contributed by atoms with E-state index in [4.69, 9.17) is 0 Å². The third kappa shape index (κ3) is 3.29. The van der Waals surface area contributed by atoms with Crippen LogP contribution in [0, 0.1) is 6.92 Å². The highest BCUT2D eigenvalue weighted by atomic mass is 32.2. The predicted octanol–water partition coefficient (Wildman–Crippen LogP) is 4.56. The number of rotatable bonds is 5. The quantitative estimate of drug-likeness (QED) is 0.704. The van der Waals surface area contributed by atoms with E-state index in [1.807, 2.05) is 18.3 Å². The maximum Gasteiger partial charge on any atom is 0.229 e. The van der Waals surface area contributed by atoms with E-state index in [-0.39, 0.29) is 5.41 Å². The molecule has 0 bridgehead atoms. The van der Waals surface area contributed by atoms with Crippen LogP contribution < -0.4 is 4.72 Å². The highest BCUT2D eigenvalue weighted by molar-refractivity contribution is 7.92. The molecule has 132 valence electrons. The number of H-pyrrole nitrogens is 1. The van der Waals surface area contributed by atoms with Crippen molar-refractivity contribution in [2.75, 3.05) is 11.0 Å². The van der Waals surface area contributed by atoms with Crippen LogP contribution >= 0.6 is 0 Å². The smallest absolute Gasteiger partial charge is 0.229 e. The molecule has 4 nitrogen and oxygen atoms in total. The number of aryl methyl sites for hydroxylation is 1. The van der Waals surface area contributed by atoms with Gasteiger partial charge in [0.1, 0.15) is 0 Å². The zero-order valence-electron chi connectivity index (χ0n) is 15.1. The van der Waals surface area contributed by atoms with Gasteiger partial charge in [-0.2, -0.15) is 0 Å². The fourth-order valence-corrected chi connectivity index (χ4v) is 3.94. The molecular weight excluding hydrogens is 332 g/mol. The van der Waals surface area contributed by atoms with E-state index in [1.54, 1.807) is 6.07 Å². The molecule has 1 atom stereocenters. The number of fused-ring (bicyclic) bond motifs is 1. The van der Waals surface area contributed by atoms with Crippen LogP contribution in [0.2, 0.25) is 0 Å². The lowest BCUT2D eigenvalue weighted by Crippen LogP contribution is -2.22. The van der Waals surface area contributed by atoms with Crippen molar-refractivity contribution < 1.29 is 8.42 Å². The summed E-state index contributed by atoms with van der Waals surface area (Å²) in [5.74, 6) is 0. The van der Waals surface area contributed by atoms with E-state index >= 15 is 0 Å². The summed E-state index contributed by atoms with van der Waals surface area (Å²) >= 11 is 0. The molecular formula is C20H24N2O2S. The summed E-state index contributed by atoms with van der Waals surface area (Å²) in [7, 11) is -3.33. The molecule has 0 aliphatic heterocycles. The molecule has 0 amide bonds. The first-order chi connectivity index (χ1) is 11.7. The Bertz CT molecular complexity index is 1000. The van der Waals surface area contributed by atoms with Crippen molar-refractivity contribution in [3.05, 3.63) is 65.4 Å². The van der Waals surface area contributed by atoms with Gasteiger partial charge in [-0.1, -0.05) is 55.8 Å². The Morgan fingerprint density at radius 3 is 2.40 bits per heavy atom. The first-order valence-electron chi connectivity index (χ1n) is 8.40. The van der Waals surface area contributed by atoms with Crippen molar-refractivity contribution in [1.29, 1.82) is 0 Å². The van der Waals surface area contributed by atoms with Crippen molar-refractivity contribution in [3.63, 3.8) is 0 Å². The SMILES string of the molecule is CCC(C)(c1ccc(C)cc1)c1c[nH]c2c(NS(C)(=O)=O)cccc12. The fraction of sp³-hybridized carbons (Fsp3) is 0.300. The van der Waals surface area contributed by atoms with E-state index in [9.17, 15) is 8.42 Å². The standard InChI is InChI=1S/C20H24N2O2S/c1-5-20(3,15-11-9-14(2)10-12-15)17-13-21-19-16(17)7-6-8-18(19)22-25(4,23)24/h6-13,21-22H,5H2,1-4H3. The van der Waals surface area contributed by atoms with Gasteiger partial charge >= 0.3 is 0 Å². The molecule has 3 aromatic rings. The maximum atomic E-state index is 11.6. The van der Waals surface area contributed by atoms with Crippen LogP contribution in [0.15, 0.2) is 48.7 Å². The van der Waals surface area contributed by atoms with Crippen LogP contribution in [0.4, 0.5) is 5.69 Å². The molecule has 25 heavy (non-hydrogen) atoms. The molecule has 1 heterocycles. The van der Waals surface area contributed by atoms with Crippen molar-refractivity contribution in [3.8, 4) is 0 Å². The first kappa shape index (κ1) is 17.5. The largest absolute Gasteiger partial charge is 0.359 e. The number of aromatic nitrogens is 1. The summed E-state index contributed by atoms with van der Waals surface area (Å²) in [5, 5.41) is 1.04. The fourth-order valence-electron chi connectivity index (χ4n) is 3.37. The minimum absolute atomic E-state index is 0.157. The average molecular weight is 356 g/mol. The van der Waals surface area contributed by atoms with Crippen LogP contribution in [0.1, 0.15) is 37.0 Å². The number of para-hydroxylation sites is 1. The zero-order chi connectivity index (χ0) is 18.2. The van der Waals surface area contributed by atoms with Crippen molar-refractivity contribution in [2.24, 2.45) is 0 Å². The Morgan fingerprint density at radius 1 is 1.12 bits per heavy atom. The van der Waals surface area contributed by atoms with E-state index in [0.717, 1.165) is 23.6 Å². The number of hydrogen-bond acceptors (Lipinski definition) is 2. The van der Waals surface area contributed by atoms with Crippen LogP contribution in [0.25, 0.3) is 10.9 Å². The topological polar surface area (TPSA) is 62.0 Å². The third-order valence-corrected chi connectivity index (χ3v) is 5.59. The van der Waals surface area contributed by atoms with E-state index < -0.39 is 10.0 Å². The summed E-state index contributed by atoms with van der Waals surface area (Å²) in [6.45, 7) is 6.50. The number of benzene rings is 2. The molecule has 0 spiro atoms. The Labute approximate surface area is 149 Å². The molecule has 1 unspecified atom stereocenters.